The van der Waals surface area contributed by atoms with E-state index in [1.165, 1.54) is 24.3 Å². The van der Waals surface area contributed by atoms with E-state index in [4.69, 9.17) is 16.3 Å². The van der Waals surface area contributed by atoms with Gasteiger partial charge < -0.3 is 9.30 Å². The third kappa shape index (κ3) is 4.76. The molecule has 8 heteroatoms. The smallest absolute Gasteiger partial charge is 0.340 e. The minimum Gasteiger partial charge on any atom is -0.462 e. The van der Waals surface area contributed by atoms with Crippen LogP contribution in [0.2, 0.25) is 5.02 Å². The van der Waals surface area contributed by atoms with Crippen molar-refractivity contribution < 1.29 is 22.3 Å². The van der Waals surface area contributed by atoms with Gasteiger partial charge in [0, 0.05) is 17.0 Å². The number of esters is 1. The molecule has 0 fully saturated rings. The van der Waals surface area contributed by atoms with Crippen molar-refractivity contribution in [2.45, 2.75) is 11.8 Å². The normalized spacial score (nSPS) is 11.4. The predicted octanol–water partition coefficient (Wildman–Crippen LogP) is 6.18. The van der Waals surface area contributed by atoms with Crippen LogP contribution in [0.15, 0.2) is 83.8 Å². The standard InChI is InChI=1S/C26H21ClFNO4S/c1-3-33-26(30)23-16-24(17-7-11-19(27)12-8-17)29(25(23)18-9-13-20(28)14-10-18)21-5-4-6-22(15-21)34(2,31)32/h4-16H,3H2,1-2H3. The van der Waals surface area contributed by atoms with Gasteiger partial charge in [0.05, 0.1) is 28.5 Å². The average molecular weight is 498 g/mol. The highest BCUT2D eigenvalue weighted by molar-refractivity contribution is 7.90. The van der Waals surface area contributed by atoms with Gasteiger partial charge >= 0.3 is 5.97 Å². The third-order valence-corrected chi connectivity index (χ3v) is 6.62. The molecular weight excluding hydrogens is 477 g/mol. The number of nitrogens with zero attached hydrogens (tertiary/aromatic N) is 1. The zero-order valence-electron chi connectivity index (χ0n) is 18.5. The van der Waals surface area contributed by atoms with E-state index in [0.717, 1.165) is 11.8 Å². The first kappa shape index (κ1) is 23.7. The molecule has 0 aliphatic rings. The number of halogens is 2. The van der Waals surface area contributed by atoms with Crippen LogP contribution in [0.3, 0.4) is 0 Å². The van der Waals surface area contributed by atoms with Gasteiger partial charge in [0.15, 0.2) is 9.84 Å². The van der Waals surface area contributed by atoms with Gasteiger partial charge in [0.1, 0.15) is 5.82 Å². The molecule has 0 aliphatic heterocycles. The van der Waals surface area contributed by atoms with Gasteiger partial charge in [-0.15, -0.1) is 0 Å². The molecule has 1 heterocycles. The third-order valence-electron chi connectivity index (χ3n) is 5.26. The van der Waals surface area contributed by atoms with E-state index < -0.39 is 21.6 Å². The van der Waals surface area contributed by atoms with Crippen LogP contribution in [0.25, 0.3) is 28.2 Å². The van der Waals surface area contributed by atoms with Crippen molar-refractivity contribution >= 4 is 27.4 Å². The molecule has 174 valence electrons. The van der Waals surface area contributed by atoms with Crippen molar-refractivity contribution in [1.82, 2.24) is 4.57 Å². The number of hydrogen-bond acceptors (Lipinski definition) is 4. The first-order valence-corrected chi connectivity index (χ1v) is 12.7. The first-order chi connectivity index (χ1) is 16.2. The van der Waals surface area contributed by atoms with Gasteiger partial charge in [-0.05, 0) is 78.7 Å². The summed E-state index contributed by atoms with van der Waals surface area (Å²) in [6.45, 7) is 1.88. The number of rotatable bonds is 6. The Morgan fingerprint density at radius 1 is 0.971 bits per heavy atom. The molecule has 0 amide bonds. The Hall–Kier alpha value is -3.42. The quantitative estimate of drug-likeness (QED) is 0.298. The number of aromatic nitrogens is 1. The largest absolute Gasteiger partial charge is 0.462 e. The Bertz CT molecular complexity index is 1460. The Kier molecular flexibility index (Phi) is 6.59. The molecule has 0 radical (unpaired) electrons. The van der Waals surface area contributed by atoms with Crippen LogP contribution < -0.4 is 0 Å². The molecule has 0 unspecified atom stereocenters. The molecule has 3 aromatic carbocycles. The summed E-state index contributed by atoms with van der Waals surface area (Å²) in [7, 11) is -3.49. The maximum Gasteiger partial charge on any atom is 0.340 e. The van der Waals surface area contributed by atoms with Gasteiger partial charge in [0.2, 0.25) is 0 Å². The molecule has 4 rings (SSSR count). The van der Waals surface area contributed by atoms with Crippen LogP contribution in [-0.4, -0.2) is 31.8 Å². The Morgan fingerprint density at radius 2 is 1.62 bits per heavy atom. The summed E-state index contributed by atoms with van der Waals surface area (Å²) < 4.78 is 45.3. The number of sulfone groups is 1. The summed E-state index contributed by atoms with van der Waals surface area (Å²) in [4.78, 5) is 13.1. The molecule has 5 nitrogen and oxygen atoms in total. The lowest BCUT2D eigenvalue weighted by Gasteiger charge is -2.16. The molecule has 34 heavy (non-hydrogen) atoms. The van der Waals surface area contributed by atoms with E-state index >= 15 is 0 Å². The lowest BCUT2D eigenvalue weighted by atomic mass is 10.1. The number of carbonyl (C=O) groups is 1. The van der Waals surface area contributed by atoms with E-state index in [9.17, 15) is 17.6 Å². The molecule has 4 aromatic rings. The highest BCUT2D eigenvalue weighted by atomic mass is 35.5. The Labute approximate surface area is 202 Å². The zero-order valence-corrected chi connectivity index (χ0v) is 20.0. The number of hydrogen-bond donors (Lipinski definition) is 0. The maximum atomic E-state index is 13.7. The second-order valence-electron chi connectivity index (χ2n) is 7.63. The van der Waals surface area contributed by atoms with E-state index in [0.29, 0.717) is 27.7 Å². The van der Waals surface area contributed by atoms with Crippen LogP contribution >= 0.6 is 11.6 Å². The molecule has 0 spiro atoms. The summed E-state index contributed by atoms with van der Waals surface area (Å²) in [5, 5.41) is 0.547. The lowest BCUT2D eigenvalue weighted by molar-refractivity contribution is 0.0527. The van der Waals surface area contributed by atoms with Crippen molar-refractivity contribution in [1.29, 1.82) is 0 Å². The highest BCUT2D eigenvalue weighted by Gasteiger charge is 2.25. The van der Waals surface area contributed by atoms with Crippen molar-refractivity contribution in [2.24, 2.45) is 0 Å². The molecule has 0 aliphatic carbocycles. The van der Waals surface area contributed by atoms with E-state index in [1.807, 2.05) is 0 Å². The van der Waals surface area contributed by atoms with Gasteiger partial charge in [0.25, 0.3) is 0 Å². The summed E-state index contributed by atoms with van der Waals surface area (Å²) in [6.07, 6.45) is 1.13. The monoisotopic (exact) mass is 497 g/mol. The van der Waals surface area contributed by atoms with Crippen LogP contribution in [0.5, 0.6) is 0 Å². The minimum atomic E-state index is -3.49. The lowest BCUT2D eigenvalue weighted by Crippen LogP contribution is -2.07. The molecule has 0 bridgehead atoms. The molecule has 0 N–H and O–H groups in total. The van der Waals surface area contributed by atoms with Crippen LogP contribution in [0.1, 0.15) is 17.3 Å². The molecule has 0 atom stereocenters. The second kappa shape index (κ2) is 9.44. The first-order valence-electron chi connectivity index (χ1n) is 10.4. The topological polar surface area (TPSA) is 65.4 Å². The van der Waals surface area contributed by atoms with E-state index in [-0.39, 0.29) is 17.1 Å². The fourth-order valence-corrected chi connectivity index (χ4v) is 4.51. The number of carbonyl (C=O) groups excluding carboxylic acids is 1. The van der Waals surface area contributed by atoms with Crippen molar-refractivity contribution in [2.75, 3.05) is 12.9 Å². The summed E-state index contributed by atoms with van der Waals surface area (Å²) in [5.74, 6) is -0.966. The van der Waals surface area contributed by atoms with Gasteiger partial charge in [-0.25, -0.2) is 17.6 Å². The minimum absolute atomic E-state index is 0.128. The van der Waals surface area contributed by atoms with Crippen LogP contribution in [0, 0.1) is 5.82 Å². The van der Waals surface area contributed by atoms with E-state index in [1.54, 1.807) is 66.1 Å². The number of benzene rings is 3. The van der Waals surface area contributed by atoms with E-state index in [2.05, 4.69) is 0 Å². The molecule has 0 saturated carbocycles. The molecular formula is C26H21ClFNO4S. The van der Waals surface area contributed by atoms with Crippen molar-refractivity contribution in [3.05, 3.63) is 95.3 Å². The van der Waals surface area contributed by atoms with Gasteiger partial charge in [-0.2, -0.15) is 0 Å². The Morgan fingerprint density at radius 3 is 2.24 bits per heavy atom. The summed E-state index contributed by atoms with van der Waals surface area (Å²) >= 11 is 6.08. The zero-order chi connectivity index (χ0) is 24.5. The van der Waals surface area contributed by atoms with Gasteiger partial charge in [-0.3, -0.25) is 0 Å². The van der Waals surface area contributed by atoms with Crippen LogP contribution in [0.4, 0.5) is 4.39 Å². The average Bonchev–Trinajstić information content (AvgIpc) is 3.20. The maximum absolute atomic E-state index is 13.7. The second-order valence-corrected chi connectivity index (χ2v) is 10.1. The van der Waals surface area contributed by atoms with Crippen molar-refractivity contribution in [3.8, 4) is 28.2 Å². The molecule has 1 aromatic heterocycles. The summed E-state index contributed by atoms with van der Waals surface area (Å²) in [6, 6.07) is 20.9. The SMILES string of the molecule is CCOC(=O)c1cc(-c2ccc(Cl)cc2)n(-c2cccc(S(C)(=O)=O)c2)c1-c1ccc(F)cc1. The van der Waals surface area contributed by atoms with Gasteiger partial charge in [-0.1, -0.05) is 29.8 Å². The van der Waals surface area contributed by atoms with Crippen LogP contribution in [-0.2, 0) is 14.6 Å². The molecule has 0 saturated heterocycles. The van der Waals surface area contributed by atoms with Crippen molar-refractivity contribution in [3.63, 3.8) is 0 Å². The fourth-order valence-electron chi connectivity index (χ4n) is 3.72. The fraction of sp³-hybridized carbons (Fsp3) is 0.115. The summed E-state index contributed by atoms with van der Waals surface area (Å²) in [5.41, 5.74) is 3.16. The highest BCUT2D eigenvalue weighted by Crippen LogP contribution is 2.37. The Balaban J connectivity index is 2.10. The number of ether oxygens (including phenoxy) is 1. The predicted molar refractivity (Wildman–Crippen MR) is 131 cm³/mol.